The quantitative estimate of drug-likeness (QED) is 0.242. The molecule has 0 N–H and O–H groups in total. The molecule has 2 aliphatic carbocycles. The van der Waals surface area contributed by atoms with Gasteiger partial charge in [0.2, 0.25) is 10.0 Å². The van der Waals surface area contributed by atoms with Gasteiger partial charge in [-0.15, -0.1) is 0 Å². The number of hydrogen-bond acceptors (Lipinski definition) is 5. The van der Waals surface area contributed by atoms with Crippen molar-refractivity contribution in [1.82, 2.24) is 4.90 Å². The highest BCUT2D eigenvalue weighted by Crippen LogP contribution is 2.49. The Hall–Kier alpha value is -3.16. The van der Waals surface area contributed by atoms with Crippen LogP contribution in [-0.4, -0.2) is 43.2 Å². The number of nitriles is 1. The first-order valence-electron chi connectivity index (χ1n) is 14.3. The number of carbonyl (C=O) groups is 1. The highest BCUT2D eigenvalue weighted by Gasteiger charge is 2.52. The van der Waals surface area contributed by atoms with Crippen molar-refractivity contribution in [2.24, 2.45) is 5.92 Å². The largest absolute Gasteiger partial charge is 0.357 e. The molecule has 11 heteroatoms. The Morgan fingerprint density at radius 1 is 0.977 bits per heavy atom. The molecule has 1 heterocycles. The molecule has 3 aromatic rings. The van der Waals surface area contributed by atoms with E-state index in [0.717, 1.165) is 18.4 Å². The van der Waals surface area contributed by atoms with Crippen LogP contribution < -0.4 is 4.31 Å². The van der Waals surface area contributed by atoms with Crippen molar-refractivity contribution in [3.05, 3.63) is 99.8 Å². The van der Waals surface area contributed by atoms with Crippen molar-refractivity contribution < 1.29 is 22.3 Å². The minimum atomic E-state index is -3.91. The van der Waals surface area contributed by atoms with Gasteiger partial charge in [-0.1, -0.05) is 59.6 Å². The number of anilines is 1. The van der Waals surface area contributed by atoms with Crippen LogP contribution in [0.15, 0.2) is 72.8 Å². The van der Waals surface area contributed by atoms with Gasteiger partial charge in [-0.05, 0) is 79.1 Å². The number of halogens is 3. The van der Waals surface area contributed by atoms with Crippen LogP contribution in [-0.2, 0) is 19.6 Å². The third kappa shape index (κ3) is 6.12. The van der Waals surface area contributed by atoms with Crippen LogP contribution in [0.4, 0.5) is 10.1 Å². The van der Waals surface area contributed by atoms with Crippen LogP contribution in [0.25, 0.3) is 0 Å². The van der Waals surface area contributed by atoms with E-state index in [1.54, 1.807) is 41.3 Å². The molecule has 1 aliphatic heterocycles. The van der Waals surface area contributed by atoms with E-state index in [9.17, 15) is 18.5 Å². The number of morpholine rings is 1. The summed E-state index contributed by atoms with van der Waals surface area (Å²) in [5.74, 6) is -1.08. The van der Waals surface area contributed by atoms with Gasteiger partial charge in [-0.2, -0.15) is 5.26 Å². The maximum Gasteiger partial charge on any atom is 0.253 e. The molecule has 3 aliphatic rings. The Bertz CT molecular complexity index is 1660. The summed E-state index contributed by atoms with van der Waals surface area (Å²) in [5, 5.41) is 10.0. The number of nitrogens with zero attached hydrogens (tertiary/aromatic N) is 3. The number of ether oxygens (including phenoxy) is 1. The summed E-state index contributed by atoms with van der Waals surface area (Å²) >= 11 is 12.6. The maximum atomic E-state index is 15.2. The number of sulfonamides is 1. The Morgan fingerprint density at radius 2 is 1.70 bits per heavy atom. The second-order valence-electron chi connectivity index (χ2n) is 11.3. The highest BCUT2D eigenvalue weighted by atomic mass is 35.5. The van der Waals surface area contributed by atoms with Crippen molar-refractivity contribution in [3.8, 4) is 6.07 Å². The SMILES string of the molecule is N#CC[C@H]1O[C@H](c2cccc(Cl)c2)[C@@H](c2ccc(Cl)cc2)N([C@@H](CN(c2ccccc2F)S(=O)(=O)C2CC2)C2CC2)C1=O. The van der Waals surface area contributed by atoms with Crippen LogP contribution in [0.3, 0.4) is 0 Å². The molecular formula is C32H30Cl2FN3O4S. The zero-order chi connectivity index (χ0) is 30.3. The average molecular weight is 643 g/mol. The first kappa shape index (κ1) is 29.9. The molecule has 0 aromatic heterocycles. The molecule has 0 bridgehead atoms. The van der Waals surface area contributed by atoms with E-state index in [-0.39, 0.29) is 24.6 Å². The standard InChI is InChI=1S/C32H30Cl2FN3O4S/c33-23-12-10-21(11-13-23)30-31(22-4-3-5-24(34)18-22)42-29(16-17-36)32(39)38(30)28(20-8-9-20)19-37(43(40,41)25-14-15-25)27-7-2-1-6-26(27)35/h1-7,10-13,18,20,25,28-31H,8-9,14-16,19H2/t28-,29+,30+,31+/m0/s1. The van der Waals surface area contributed by atoms with Gasteiger partial charge in [0.1, 0.15) is 18.0 Å². The fourth-order valence-electron chi connectivity index (χ4n) is 5.94. The summed E-state index contributed by atoms with van der Waals surface area (Å²) in [6.45, 7) is -0.123. The lowest BCUT2D eigenvalue weighted by atomic mass is 9.89. The van der Waals surface area contributed by atoms with E-state index < -0.39 is 51.3 Å². The van der Waals surface area contributed by atoms with E-state index in [1.165, 1.54) is 22.5 Å². The highest BCUT2D eigenvalue weighted by molar-refractivity contribution is 7.93. The topological polar surface area (TPSA) is 90.7 Å². The van der Waals surface area contributed by atoms with Gasteiger partial charge in [0, 0.05) is 10.0 Å². The summed E-state index contributed by atoms with van der Waals surface area (Å²) in [7, 11) is -3.91. The molecule has 7 nitrogen and oxygen atoms in total. The zero-order valence-electron chi connectivity index (χ0n) is 23.2. The molecule has 3 fully saturated rings. The van der Waals surface area contributed by atoms with Gasteiger partial charge < -0.3 is 9.64 Å². The van der Waals surface area contributed by atoms with Crippen molar-refractivity contribution in [2.75, 3.05) is 10.8 Å². The lowest BCUT2D eigenvalue weighted by Crippen LogP contribution is -2.58. The molecule has 1 amide bonds. The Balaban J connectivity index is 1.50. The number of amides is 1. The number of benzene rings is 3. The summed E-state index contributed by atoms with van der Waals surface area (Å²) < 4.78 is 50.4. The molecule has 3 aromatic carbocycles. The zero-order valence-corrected chi connectivity index (χ0v) is 25.5. The molecule has 224 valence electrons. The Kier molecular flexibility index (Phi) is 8.40. The third-order valence-electron chi connectivity index (χ3n) is 8.34. The van der Waals surface area contributed by atoms with Crippen LogP contribution in [0, 0.1) is 23.1 Å². The Labute approximate surface area is 260 Å². The fourth-order valence-corrected chi connectivity index (χ4v) is 8.14. The first-order valence-corrected chi connectivity index (χ1v) is 16.6. The van der Waals surface area contributed by atoms with Crippen molar-refractivity contribution >= 4 is 44.8 Å². The Morgan fingerprint density at radius 3 is 2.33 bits per heavy atom. The third-order valence-corrected chi connectivity index (χ3v) is 11.1. The predicted molar refractivity (Wildman–Crippen MR) is 163 cm³/mol. The number of hydrogen-bond donors (Lipinski definition) is 0. The summed E-state index contributed by atoms with van der Waals surface area (Å²) in [6, 6.07) is 20.8. The summed E-state index contributed by atoms with van der Waals surface area (Å²) in [4.78, 5) is 16.0. The van der Waals surface area contributed by atoms with Gasteiger partial charge in [-0.3, -0.25) is 9.10 Å². The average Bonchev–Trinajstić information content (AvgIpc) is 3.90. The monoisotopic (exact) mass is 641 g/mol. The minimum absolute atomic E-state index is 0.0247. The molecule has 0 radical (unpaired) electrons. The lowest BCUT2D eigenvalue weighted by molar-refractivity contribution is -0.179. The van der Waals surface area contributed by atoms with E-state index in [2.05, 4.69) is 6.07 Å². The number of para-hydroxylation sites is 1. The predicted octanol–water partition coefficient (Wildman–Crippen LogP) is 6.83. The van der Waals surface area contributed by atoms with Crippen LogP contribution in [0.2, 0.25) is 10.0 Å². The van der Waals surface area contributed by atoms with Crippen molar-refractivity contribution in [3.63, 3.8) is 0 Å². The molecule has 1 saturated heterocycles. The van der Waals surface area contributed by atoms with Crippen LogP contribution in [0.5, 0.6) is 0 Å². The number of carbonyl (C=O) groups excluding carboxylic acids is 1. The molecule has 0 unspecified atom stereocenters. The molecule has 4 atom stereocenters. The molecular weight excluding hydrogens is 612 g/mol. The second kappa shape index (κ2) is 12.1. The van der Waals surface area contributed by atoms with E-state index in [0.29, 0.717) is 28.5 Å². The fraction of sp³-hybridized carbons (Fsp3) is 0.375. The van der Waals surface area contributed by atoms with Crippen LogP contribution in [0.1, 0.15) is 55.4 Å². The molecule has 43 heavy (non-hydrogen) atoms. The number of rotatable bonds is 10. The van der Waals surface area contributed by atoms with Gasteiger partial charge in [0.05, 0.1) is 42.1 Å². The van der Waals surface area contributed by atoms with Crippen LogP contribution >= 0.6 is 23.2 Å². The second-order valence-corrected chi connectivity index (χ2v) is 14.3. The normalized spacial score (nSPS) is 23.1. The van der Waals surface area contributed by atoms with E-state index >= 15 is 4.39 Å². The summed E-state index contributed by atoms with van der Waals surface area (Å²) in [5.41, 5.74) is 1.40. The van der Waals surface area contributed by atoms with Gasteiger partial charge in [0.25, 0.3) is 5.91 Å². The lowest BCUT2D eigenvalue weighted by Gasteiger charge is -2.49. The maximum absolute atomic E-state index is 15.2. The van der Waals surface area contributed by atoms with Gasteiger partial charge in [-0.25, -0.2) is 12.8 Å². The smallest absolute Gasteiger partial charge is 0.253 e. The molecule has 6 rings (SSSR count). The molecule has 0 spiro atoms. The van der Waals surface area contributed by atoms with Gasteiger partial charge >= 0.3 is 0 Å². The van der Waals surface area contributed by atoms with E-state index in [1.807, 2.05) is 18.2 Å². The first-order chi connectivity index (χ1) is 20.7. The van der Waals surface area contributed by atoms with Crippen molar-refractivity contribution in [2.45, 2.75) is 61.6 Å². The van der Waals surface area contributed by atoms with E-state index in [4.69, 9.17) is 27.9 Å². The van der Waals surface area contributed by atoms with Crippen molar-refractivity contribution in [1.29, 1.82) is 5.26 Å². The van der Waals surface area contributed by atoms with Gasteiger partial charge in [0.15, 0.2) is 0 Å². The minimum Gasteiger partial charge on any atom is -0.357 e. The molecule has 2 saturated carbocycles. The summed E-state index contributed by atoms with van der Waals surface area (Å²) in [6.07, 6.45) is 0.580.